The highest BCUT2D eigenvalue weighted by atomic mass is 19.1. The average molecular weight is 182 g/mol. The molecule has 1 aromatic carbocycles. The van der Waals surface area contributed by atoms with Crippen LogP contribution in [-0.2, 0) is 6.42 Å². The second-order valence-corrected chi connectivity index (χ2v) is 3.02. The van der Waals surface area contributed by atoms with E-state index in [-0.39, 0.29) is 5.82 Å². The van der Waals surface area contributed by atoms with Crippen molar-refractivity contribution in [1.82, 2.24) is 0 Å². The fourth-order valence-electron chi connectivity index (χ4n) is 1.33. The van der Waals surface area contributed by atoms with Gasteiger partial charge in [-0.05, 0) is 25.0 Å². The smallest absolute Gasteiger partial charge is 0.130 e. The third-order valence-corrected chi connectivity index (χ3v) is 2.08. The first-order chi connectivity index (χ1) is 6.29. The molecule has 0 bridgehead atoms. The lowest BCUT2D eigenvalue weighted by Gasteiger charge is -2.08. The Bertz CT molecular complexity index is 271. The van der Waals surface area contributed by atoms with Crippen molar-refractivity contribution >= 4 is 0 Å². The highest BCUT2D eigenvalue weighted by Gasteiger charge is 2.07. The van der Waals surface area contributed by atoms with Crippen molar-refractivity contribution in [3.8, 4) is 5.75 Å². The lowest BCUT2D eigenvalue weighted by Crippen LogP contribution is -1.95. The van der Waals surface area contributed by atoms with Crippen LogP contribution in [0.4, 0.5) is 4.39 Å². The summed E-state index contributed by atoms with van der Waals surface area (Å²) in [6.07, 6.45) is 2.82. The number of rotatable bonds is 4. The van der Waals surface area contributed by atoms with Gasteiger partial charge < -0.3 is 4.74 Å². The summed E-state index contributed by atoms with van der Waals surface area (Å²) in [4.78, 5) is 0. The van der Waals surface area contributed by atoms with Gasteiger partial charge in [0, 0.05) is 5.56 Å². The summed E-state index contributed by atoms with van der Waals surface area (Å²) in [5, 5.41) is 0. The van der Waals surface area contributed by atoms with Gasteiger partial charge >= 0.3 is 0 Å². The molecule has 1 aromatic rings. The van der Waals surface area contributed by atoms with Crippen LogP contribution in [0, 0.1) is 5.82 Å². The molecule has 0 heterocycles. The third kappa shape index (κ3) is 2.44. The predicted octanol–water partition coefficient (Wildman–Crippen LogP) is 3.18. The highest BCUT2D eigenvalue weighted by Crippen LogP contribution is 2.22. The van der Waals surface area contributed by atoms with Gasteiger partial charge in [-0.25, -0.2) is 4.39 Å². The van der Waals surface area contributed by atoms with Crippen molar-refractivity contribution in [3.63, 3.8) is 0 Å². The van der Waals surface area contributed by atoms with E-state index in [0.29, 0.717) is 11.3 Å². The fourth-order valence-corrected chi connectivity index (χ4v) is 1.33. The molecule has 0 spiro atoms. The normalized spacial score (nSPS) is 10.1. The van der Waals surface area contributed by atoms with E-state index in [9.17, 15) is 4.39 Å². The van der Waals surface area contributed by atoms with E-state index in [0.717, 1.165) is 19.3 Å². The molecule has 1 nitrogen and oxygen atoms in total. The Balaban J connectivity index is 2.87. The Labute approximate surface area is 78.5 Å². The number of hydrogen-bond donors (Lipinski definition) is 0. The van der Waals surface area contributed by atoms with Gasteiger partial charge in [-0.15, -0.1) is 0 Å². The molecule has 72 valence electrons. The van der Waals surface area contributed by atoms with E-state index in [4.69, 9.17) is 4.74 Å². The zero-order chi connectivity index (χ0) is 9.68. The van der Waals surface area contributed by atoms with Gasteiger partial charge in [0.25, 0.3) is 0 Å². The first kappa shape index (κ1) is 10.0. The molecule has 0 aromatic heterocycles. The minimum atomic E-state index is -0.159. The molecular formula is C11H15FO. The number of unbranched alkanes of at least 4 members (excludes halogenated alkanes) is 1. The van der Waals surface area contributed by atoms with E-state index < -0.39 is 0 Å². The molecular weight excluding hydrogens is 167 g/mol. The van der Waals surface area contributed by atoms with Crippen LogP contribution in [0.15, 0.2) is 18.2 Å². The Kier molecular flexibility index (Phi) is 3.74. The zero-order valence-electron chi connectivity index (χ0n) is 8.14. The summed E-state index contributed by atoms with van der Waals surface area (Å²) >= 11 is 0. The van der Waals surface area contributed by atoms with E-state index in [1.54, 1.807) is 19.2 Å². The van der Waals surface area contributed by atoms with Crippen molar-refractivity contribution < 1.29 is 9.13 Å². The molecule has 2 heteroatoms. The molecule has 0 aliphatic carbocycles. The second-order valence-electron chi connectivity index (χ2n) is 3.02. The van der Waals surface area contributed by atoms with Crippen LogP contribution in [0.5, 0.6) is 5.75 Å². The molecule has 1 rings (SSSR count). The van der Waals surface area contributed by atoms with Gasteiger partial charge in [-0.2, -0.15) is 0 Å². The second kappa shape index (κ2) is 4.85. The van der Waals surface area contributed by atoms with Gasteiger partial charge in [0.05, 0.1) is 7.11 Å². The number of ether oxygens (including phenoxy) is 1. The molecule has 0 amide bonds. The summed E-state index contributed by atoms with van der Waals surface area (Å²) < 4.78 is 18.4. The SMILES string of the molecule is CCCCc1c(F)cccc1OC. The number of hydrogen-bond acceptors (Lipinski definition) is 1. The minimum absolute atomic E-state index is 0.159. The van der Waals surface area contributed by atoms with Crippen molar-refractivity contribution in [3.05, 3.63) is 29.6 Å². The molecule has 0 fully saturated rings. The van der Waals surface area contributed by atoms with Crippen molar-refractivity contribution in [2.75, 3.05) is 7.11 Å². The Morgan fingerprint density at radius 2 is 2.15 bits per heavy atom. The van der Waals surface area contributed by atoms with Crippen molar-refractivity contribution in [2.24, 2.45) is 0 Å². The van der Waals surface area contributed by atoms with Crippen LogP contribution < -0.4 is 4.74 Å². The van der Waals surface area contributed by atoms with E-state index in [1.807, 2.05) is 0 Å². The molecule has 0 atom stereocenters. The predicted molar refractivity (Wildman–Crippen MR) is 51.6 cm³/mol. The molecule has 0 N–H and O–H groups in total. The van der Waals surface area contributed by atoms with Crippen LogP contribution in [0.3, 0.4) is 0 Å². The molecule has 0 aliphatic rings. The van der Waals surface area contributed by atoms with Crippen molar-refractivity contribution in [2.45, 2.75) is 26.2 Å². The van der Waals surface area contributed by atoms with Crippen LogP contribution in [0.25, 0.3) is 0 Å². The first-order valence-electron chi connectivity index (χ1n) is 4.61. The molecule has 13 heavy (non-hydrogen) atoms. The monoisotopic (exact) mass is 182 g/mol. The number of methoxy groups -OCH3 is 1. The van der Waals surface area contributed by atoms with E-state index >= 15 is 0 Å². The average Bonchev–Trinajstić information content (AvgIpc) is 2.15. The van der Waals surface area contributed by atoms with Crippen LogP contribution in [0.2, 0.25) is 0 Å². The van der Waals surface area contributed by atoms with Gasteiger partial charge in [-0.1, -0.05) is 19.4 Å². The quantitative estimate of drug-likeness (QED) is 0.695. The maximum absolute atomic E-state index is 13.3. The Morgan fingerprint density at radius 1 is 1.38 bits per heavy atom. The summed E-state index contributed by atoms with van der Waals surface area (Å²) in [6, 6.07) is 4.95. The standard InChI is InChI=1S/C11H15FO/c1-3-4-6-9-10(12)7-5-8-11(9)13-2/h5,7-8H,3-4,6H2,1-2H3. The molecule has 0 saturated carbocycles. The minimum Gasteiger partial charge on any atom is -0.496 e. The lowest BCUT2D eigenvalue weighted by atomic mass is 10.1. The van der Waals surface area contributed by atoms with Gasteiger partial charge in [0.15, 0.2) is 0 Å². The Hall–Kier alpha value is -1.05. The largest absolute Gasteiger partial charge is 0.496 e. The molecule has 0 radical (unpaired) electrons. The molecule has 0 aliphatic heterocycles. The zero-order valence-corrected chi connectivity index (χ0v) is 8.14. The molecule has 0 saturated heterocycles. The van der Waals surface area contributed by atoms with Crippen LogP contribution in [-0.4, -0.2) is 7.11 Å². The summed E-state index contributed by atoms with van der Waals surface area (Å²) in [6.45, 7) is 2.09. The summed E-state index contributed by atoms with van der Waals surface area (Å²) in [5.74, 6) is 0.501. The van der Waals surface area contributed by atoms with Crippen LogP contribution >= 0.6 is 0 Å². The molecule has 0 unspecified atom stereocenters. The van der Waals surface area contributed by atoms with E-state index in [2.05, 4.69) is 6.92 Å². The lowest BCUT2D eigenvalue weighted by molar-refractivity contribution is 0.403. The first-order valence-corrected chi connectivity index (χ1v) is 4.61. The number of benzene rings is 1. The van der Waals surface area contributed by atoms with Gasteiger partial charge in [0.2, 0.25) is 0 Å². The summed E-state index contributed by atoms with van der Waals surface area (Å²) in [7, 11) is 1.57. The maximum Gasteiger partial charge on any atom is 0.130 e. The highest BCUT2D eigenvalue weighted by molar-refractivity contribution is 5.34. The fraction of sp³-hybridized carbons (Fsp3) is 0.455. The van der Waals surface area contributed by atoms with Gasteiger partial charge in [0.1, 0.15) is 11.6 Å². The number of halogens is 1. The van der Waals surface area contributed by atoms with Crippen LogP contribution in [0.1, 0.15) is 25.3 Å². The summed E-state index contributed by atoms with van der Waals surface area (Å²) in [5.41, 5.74) is 0.701. The topological polar surface area (TPSA) is 9.23 Å². The van der Waals surface area contributed by atoms with Crippen molar-refractivity contribution in [1.29, 1.82) is 0 Å². The third-order valence-electron chi connectivity index (χ3n) is 2.08. The van der Waals surface area contributed by atoms with E-state index in [1.165, 1.54) is 6.07 Å². The van der Waals surface area contributed by atoms with Gasteiger partial charge in [-0.3, -0.25) is 0 Å². The Morgan fingerprint density at radius 3 is 2.77 bits per heavy atom. The maximum atomic E-state index is 13.3.